The van der Waals surface area contributed by atoms with E-state index >= 15 is 0 Å². The van der Waals surface area contributed by atoms with Crippen molar-refractivity contribution in [2.75, 3.05) is 39.3 Å². The van der Waals surface area contributed by atoms with E-state index in [1.165, 1.54) is 114 Å². The summed E-state index contributed by atoms with van der Waals surface area (Å²) in [5.41, 5.74) is 17.4. The molecule has 5 aliphatic rings. The lowest BCUT2D eigenvalue weighted by atomic mass is 9.79. The molecule has 4 aromatic rings. The molecule has 378 valence electrons. The molecule has 5 fully saturated rings. The number of thiazole rings is 1. The smallest absolute Gasteiger partial charge is 0.0957 e. The number of likely N-dealkylation sites (tertiary alicyclic amines) is 1. The molecule has 2 saturated heterocycles. The third kappa shape index (κ3) is 11.4. The van der Waals surface area contributed by atoms with E-state index in [-0.39, 0.29) is 11.5 Å². The molecule has 3 aliphatic carbocycles. The summed E-state index contributed by atoms with van der Waals surface area (Å²) in [6.45, 7) is 42.2. The Bertz CT molecular complexity index is 2490. The number of fused-ring (bicyclic) bond motifs is 1. The number of rotatable bonds is 24. The first-order chi connectivity index (χ1) is 33.7. The van der Waals surface area contributed by atoms with Crippen LogP contribution in [0.3, 0.4) is 0 Å². The quantitative estimate of drug-likeness (QED) is 0.0678. The summed E-state index contributed by atoms with van der Waals surface area (Å²) >= 11 is 1.78. The van der Waals surface area contributed by atoms with E-state index in [1.807, 2.05) is 6.20 Å². The zero-order valence-electron chi connectivity index (χ0n) is 44.4. The Morgan fingerprint density at radius 2 is 1.80 bits per heavy atom. The Hall–Kier alpha value is -4.18. The largest absolute Gasteiger partial charge is 0.379 e. The molecule has 0 bridgehead atoms. The van der Waals surface area contributed by atoms with Crippen molar-refractivity contribution >= 4 is 22.2 Å². The number of nitrogens with zero attached hydrogens (tertiary/aromatic N) is 6. The van der Waals surface area contributed by atoms with Crippen LogP contribution < -0.4 is 10.7 Å². The molecular weight excluding hydrogens is 877 g/mol. The van der Waals surface area contributed by atoms with Crippen molar-refractivity contribution in [2.45, 2.75) is 163 Å². The van der Waals surface area contributed by atoms with Crippen LogP contribution in [0.2, 0.25) is 0 Å². The molecule has 1 aromatic carbocycles. The normalized spacial score (nSPS) is 21.9. The molecule has 5 atom stereocenters. The maximum absolute atomic E-state index is 5.47. The van der Waals surface area contributed by atoms with Gasteiger partial charge in [-0.25, -0.2) is 10.4 Å². The van der Waals surface area contributed by atoms with Crippen LogP contribution in [0.1, 0.15) is 148 Å². The number of benzene rings is 1. The van der Waals surface area contributed by atoms with Gasteiger partial charge >= 0.3 is 0 Å². The molecule has 8 nitrogen and oxygen atoms in total. The van der Waals surface area contributed by atoms with Gasteiger partial charge in [0.2, 0.25) is 0 Å². The highest BCUT2D eigenvalue weighted by Crippen LogP contribution is 2.57. The fourth-order valence-electron chi connectivity index (χ4n) is 13.0. The number of aromatic nitrogens is 3. The Morgan fingerprint density at radius 3 is 2.50 bits per heavy atom. The van der Waals surface area contributed by atoms with Crippen LogP contribution >= 0.6 is 11.3 Å². The number of nitrogens with one attached hydrogen (secondary N) is 2. The van der Waals surface area contributed by atoms with Gasteiger partial charge in [0, 0.05) is 102 Å². The highest BCUT2D eigenvalue weighted by Gasteiger charge is 2.49. The third-order valence-corrected chi connectivity index (χ3v) is 18.0. The minimum absolute atomic E-state index is 0.0254. The highest BCUT2D eigenvalue weighted by atomic mass is 32.1. The van der Waals surface area contributed by atoms with Gasteiger partial charge in [0.05, 0.1) is 34.2 Å². The van der Waals surface area contributed by atoms with Crippen molar-refractivity contribution in [3.8, 4) is 22.5 Å². The second-order valence-electron chi connectivity index (χ2n) is 23.5. The Balaban J connectivity index is 0.976. The maximum Gasteiger partial charge on any atom is 0.0957 e. The monoisotopic (exact) mass is 965 g/mol. The Morgan fingerprint density at radius 1 is 1.00 bits per heavy atom. The minimum atomic E-state index is -0.0254. The minimum Gasteiger partial charge on any atom is -0.379 e. The van der Waals surface area contributed by atoms with E-state index in [9.17, 15) is 0 Å². The van der Waals surface area contributed by atoms with E-state index in [1.54, 1.807) is 11.3 Å². The third-order valence-electron chi connectivity index (χ3n) is 17.1. The summed E-state index contributed by atoms with van der Waals surface area (Å²) in [4.78, 5) is 15.9. The van der Waals surface area contributed by atoms with Gasteiger partial charge in [-0.05, 0) is 163 Å². The van der Waals surface area contributed by atoms with Gasteiger partial charge in [0.15, 0.2) is 0 Å². The number of hydrogen-bond donors (Lipinski definition) is 2. The van der Waals surface area contributed by atoms with E-state index in [4.69, 9.17) is 29.7 Å². The van der Waals surface area contributed by atoms with E-state index in [0.717, 1.165) is 111 Å². The zero-order valence-corrected chi connectivity index (χ0v) is 45.2. The molecule has 2 N–H and O–H groups in total. The first-order valence-corrected chi connectivity index (χ1v) is 28.6. The van der Waals surface area contributed by atoms with Crippen molar-refractivity contribution in [1.29, 1.82) is 0 Å². The fourth-order valence-corrected chi connectivity index (χ4v) is 13.8. The molecule has 0 radical (unpaired) electrons. The van der Waals surface area contributed by atoms with E-state index in [2.05, 4.69) is 121 Å². The summed E-state index contributed by atoms with van der Waals surface area (Å²) in [6.07, 6.45) is 18.9. The summed E-state index contributed by atoms with van der Waals surface area (Å²) in [7, 11) is 0. The van der Waals surface area contributed by atoms with E-state index < -0.39 is 0 Å². The van der Waals surface area contributed by atoms with Crippen molar-refractivity contribution in [3.63, 3.8) is 0 Å². The van der Waals surface area contributed by atoms with Crippen LogP contribution in [0, 0.1) is 35.0 Å². The Kier molecular flexibility index (Phi) is 15.9. The Labute approximate surface area is 427 Å². The average Bonchev–Trinajstić information content (AvgIpc) is 4.12. The van der Waals surface area contributed by atoms with Crippen LogP contribution in [-0.2, 0) is 19.4 Å². The van der Waals surface area contributed by atoms with Gasteiger partial charge in [-0.2, -0.15) is 0 Å². The van der Waals surface area contributed by atoms with Crippen molar-refractivity contribution in [1.82, 2.24) is 40.1 Å². The summed E-state index contributed by atoms with van der Waals surface area (Å²) in [6, 6.07) is 11.8. The first kappa shape index (κ1) is 50.7. The first-order valence-electron chi connectivity index (χ1n) is 27.8. The second-order valence-corrected chi connectivity index (χ2v) is 24.5. The molecule has 70 heavy (non-hydrogen) atoms. The molecule has 3 aromatic heterocycles. The lowest BCUT2D eigenvalue weighted by Gasteiger charge is -2.39. The lowest BCUT2D eigenvalue weighted by molar-refractivity contribution is 0.172. The molecule has 5 heterocycles. The van der Waals surface area contributed by atoms with Gasteiger partial charge in [0.25, 0.3) is 0 Å². The summed E-state index contributed by atoms with van der Waals surface area (Å²) in [5.74, 6) is 4.25. The topological polar surface area (TPSA) is 64.5 Å². The maximum atomic E-state index is 5.47. The predicted molar refractivity (Wildman–Crippen MR) is 297 cm³/mol. The van der Waals surface area contributed by atoms with Crippen LogP contribution in [0.5, 0.6) is 0 Å². The molecular formula is C61H88N8S. The summed E-state index contributed by atoms with van der Waals surface area (Å²) < 4.78 is 2.54. The van der Waals surface area contributed by atoms with Crippen LogP contribution in [0.25, 0.3) is 33.4 Å². The molecule has 9 heteroatoms. The molecule has 3 saturated carbocycles. The molecule has 0 amide bonds. The highest BCUT2D eigenvalue weighted by molar-refractivity contribution is 7.10. The molecule has 9 rings (SSSR count). The molecule has 0 spiro atoms. The average molecular weight is 965 g/mol. The number of hydrogen-bond acceptors (Lipinski definition) is 8. The van der Waals surface area contributed by atoms with Crippen molar-refractivity contribution in [2.24, 2.45) is 35.0 Å². The number of hydrazine groups is 1. The fraction of sp³-hybridized carbons (Fsp3) is 0.607. The number of pyridine rings is 1. The van der Waals surface area contributed by atoms with Crippen LogP contribution in [-0.4, -0.2) is 80.7 Å². The standard InChI is InChI=1S/C61H88N8S/c1-12-66(43(8)50-34-51(50)46-22-23-46)37-45-27-32-67(38-45)59(47-19-14-15-20-47)42(7)64-54(44(9)69-31-17-16-30-63-69)35-57-65-55(39-70-57)48-24-25-56-52(33-48)53(36-61(10,11)28-26-40(3)4)60(68(56)13-2)49-21-18-29-62-58(49)41(5)6/h18,21,24-25,29,33,39,41,45-47,50-51,54,59,63-64H,3,7-9,12-17,19-20,22-23,26-28,30-32,34-38H2,1-2,4-6,10-11H3. The van der Waals surface area contributed by atoms with Crippen molar-refractivity contribution < 1.29 is 0 Å². The van der Waals surface area contributed by atoms with Gasteiger partial charge in [-0.3, -0.25) is 9.88 Å². The van der Waals surface area contributed by atoms with Gasteiger partial charge in [-0.1, -0.05) is 71.9 Å². The zero-order chi connectivity index (χ0) is 49.3. The van der Waals surface area contributed by atoms with Crippen molar-refractivity contribution in [3.05, 3.63) is 107 Å². The molecule has 5 unspecified atom stereocenters. The van der Waals surface area contributed by atoms with Crippen LogP contribution in [0.4, 0.5) is 0 Å². The van der Waals surface area contributed by atoms with Gasteiger partial charge in [0.1, 0.15) is 0 Å². The van der Waals surface area contributed by atoms with Gasteiger partial charge < -0.3 is 19.8 Å². The van der Waals surface area contributed by atoms with Crippen LogP contribution in [0.15, 0.2) is 90.9 Å². The summed E-state index contributed by atoms with van der Waals surface area (Å²) in [5, 5.41) is 11.2. The number of allylic oxidation sites excluding steroid dienone is 2. The van der Waals surface area contributed by atoms with Gasteiger partial charge in [-0.15, -0.1) is 17.9 Å². The number of aryl methyl sites for hydroxylation is 1. The molecule has 2 aliphatic heterocycles. The second kappa shape index (κ2) is 21.9. The lowest BCUT2D eigenvalue weighted by Crippen LogP contribution is -2.51. The van der Waals surface area contributed by atoms with E-state index in [0.29, 0.717) is 23.8 Å². The SMILES string of the molecule is C=C(C)CCC(C)(C)Cc1c(-c2cccnc2C(C)C)n(CC)c2ccc(-c3csc(CC(NC(=C)C(C4CCCC4)N4CCC(CN(CC)C(=C)C5CC5C5CC5)C4)C(=C)N4CCCCN4)n3)cc12. The predicted octanol–water partition coefficient (Wildman–Crippen LogP) is 13.8.